The van der Waals surface area contributed by atoms with Gasteiger partial charge in [0.25, 0.3) is 5.69 Å². The number of non-ortho nitro benzene ring substituents is 1. The first kappa shape index (κ1) is 21.0. The minimum absolute atomic E-state index is 0.106. The van der Waals surface area contributed by atoms with Gasteiger partial charge in [0, 0.05) is 12.1 Å². The predicted molar refractivity (Wildman–Crippen MR) is 110 cm³/mol. The maximum atomic E-state index is 13.0. The lowest BCUT2D eigenvalue weighted by molar-refractivity contribution is -0.384. The standard InChI is InChI=1S/C20H23N3O5S/c1-5-15-18(24)22-17(13-7-6-8-14(9-13)23(26)27)16(12(4)21-20(22)29-15)19(25)28-10-11(2)3/h6-9,11,15,17H,5,10H2,1-4H3/t15-,17-/m0/s1. The number of benzene rings is 1. The lowest BCUT2D eigenvalue weighted by atomic mass is 9.94. The second-order valence-electron chi connectivity index (χ2n) is 7.36. The molecule has 1 amide bonds. The Morgan fingerprint density at radius 3 is 2.76 bits per heavy atom. The predicted octanol–water partition coefficient (Wildman–Crippen LogP) is 3.83. The normalized spacial score (nSPS) is 21.3. The second-order valence-corrected chi connectivity index (χ2v) is 8.53. The van der Waals surface area contributed by atoms with Crippen LogP contribution in [0.5, 0.6) is 0 Å². The largest absolute Gasteiger partial charge is 0.462 e. The molecule has 9 heteroatoms. The minimum atomic E-state index is -0.807. The van der Waals surface area contributed by atoms with Gasteiger partial charge in [0.2, 0.25) is 5.91 Å². The van der Waals surface area contributed by atoms with Crippen LogP contribution in [0.15, 0.2) is 40.5 Å². The fourth-order valence-electron chi connectivity index (χ4n) is 3.29. The van der Waals surface area contributed by atoms with Crippen molar-refractivity contribution in [1.29, 1.82) is 0 Å². The molecule has 0 bridgehead atoms. The maximum absolute atomic E-state index is 13.0. The Hall–Kier alpha value is -2.68. The Kier molecular flexibility index (Phi) is 6.07. The van der Waals surface area contributed by atoms with Crippen molar-refractivity contribution < 1.29 is 19.2 Å². The van der Waals surface area contributed by atoms with Crippen molar-refractivity contribution in [3.63, 3.8) is 0 Å². The second kappa shape index (κ2) is 8.36. The Morgan fingerprint density at radius 1 is 1.41 bits per heavy atom. The molecule has 0 unspecified atom stereocenters. The van der Waals surface area contributed by atoms with E-state index in [2.05, 4.69) is 4.99 Å². The summed E-state index contributed by atoms with van der Waals surface area (Å²) < 4.78 is 5.43. The summed E-state index contributed by atoms with van der Waals surface area (Å²) >= 11 is 1.35. The van der Waals surface area contributed by atoms with Crippen LogP contribution in [0.1, 0.15) is 45.7 Å². The van der Waals surface area contributed by atoms with Crippen molar-refractivity contribution in [2.24, 2.45) is 10.9 Å². The van der Waals surface area contributed by atoms with Crippen LogP contribution in [-0.2, 0) is 14.3 Å². The van der Waals surface area contributed by atoms with Gasteiger partial charge in [-0.1, -0.05) is 44.7 Å². The average Bonchev–Trinajstić information content (AvgIpc) is 3.00. The summed E-state index contributed by atoms with van der Waals surface area (Å²) in [4.78, 5) is 42.7. The van der Waals surface area contributed by atoms with Crippen LogP contribution in [0, 0.1) is 16.0 Å². The molecule has 1 aromatic rings. The van der Waals surface area contributed by atoms with Gasteiger partial charge in [-0.2, -0.15) is 0 Å². The molecule has 1 aromatic carbocycles. The molecule has 8 nitrogen and oxygen atoms in total. The van der Waals surface area contributed by atoms with Crippen LogP contribution in [0.25, 0.3) is 0 Å². The van der Waals surface area contributed by atoms with Gasteiger partial charge in [0.15, 0.2) is 5.17 Å². The summed E-state index contributed by atoms with van der Waals surface area (Å²) in [5, 5.41) is 11.5. The molecule has 0 radical (unpaired) electrons. The van der Waals surface area contributed by atoms with Crippen LogP contribution < -0.4 is 0 Å². The van der Waals surface area contributed by atoms with E-state index in [0.717, 1.165) is 0 Å². The molecule has 3 rings (SSSR count). The van der Waals surface area contributed by atoms with E-state index >= 15 is 0 Å². The average molecular weight is 417 g/mol. The van der Waals surface area contributed by atoms with E-state index in [1.54, 1.807) is 19.1 Å². The number of carbonyl (C=O) groups excluding carboxylic acids is 2. The fourth-order valence-corrected chi connectivity index (χ4v) is 4.43. The van der Waals surface area contributed by atoms with Crippen molar-refractivity contribution in [1.82, 2.24) is 4.90 Å². The molecule has 154 valence electrons. The molecule has 2 atom stereocenters. The topological polar surface area (TPSA) is 102 Å². The SMILES string of the molecule is CC[C@@H]1SC2=NC(C)=C(C(=O)OCC(C)C)[C@H](c3cccc([N+](=O)[O-])c3)N2C1=O. The molecule has 0 N–H and O–H groups in total. The quantitative estimate of drug-likeness (QED) is 0.396. The molecule has 2 heterocycles. The number of ether oxygens (including phenoxy) is 1. The molecule has 2 aliphatic rings. The van der Waals surface area contributed by atoms with E-state index in [-0.39, 0.29) is 34.9 Å². The number of rotatable bonds is 6. The first-order chi connectivity index (χ1) is 13.7. The third kappa shape index (κ3) is 4.05. The Balaban J connectivity index is 2.11. The number of hydrogen-bond acceptors (Lipinski definition) is 7. The number of allylic oxidation sites excluding steroid dienone is 1. The maximum Gasteiger partial charge on any atom is 0.338 e. The first-order valence-corrected chi connectivity index (χ1v) is 10.3. The van der Waals surface area contributed by atoms with Gasteiger partial charge < -0.3 is 4.74 Å². The third-order valence-corrected chi connectivity index (χ3v) is 6.00. The Morgan fingerprint density at radius 2 is 2.14 bits per heavy atom. The number of aliphatic imine (C=N–C) groups is 1. The number of thioether (sulfide) groups is 1. The fraction of sp³-hybridized carbons (Fsp3) is 0.450. The number of amidine groups is 1. The van der Waals surface area contributed by atoms with Crippen LogP contribution >= 0.6 is 11.8 Å². The van der Waals surface area contributed by atoms with Crippen LogP contribution in [-0.4, -0.2) is 38.7 Å². The Bertz CT molecular complexity index is 924. The number of amides is 1. The summed E-state index contributed by atoms with van der Waals surface area (Å²) in [6, 6.07) is 5.20. The molecule has 0 aromatic heterocycles. The number of nitro groups is 1. The van der Waals surface area contributed by atoms with Gasteiger partial charge in [-0.3, -0.25) is 19.8 Å². The van der Waals surface area contributed by atoms with Crippen LogP contribution in [0.2, 0.25) is 0 Å². The summed E-state index contributed by atoms with van der Waals surface area (Å²) in [5.74, 6) is -0.574. The van der Waals surface area contributed by atoms with Gasteiger partial charge in [-0.15, -0.1) is 0 Å². The zero-order valence-electron chi connectivity index (χ0n) is 16.7. The molecule has 1 fully saturated rings. The molecular formula is C20H23N3O5S. The monoisotopic (exact) mass is 417 g/mol. The van der Waals surface area contributed by atoms with Crippen LogP contribution in [0.4, 0.5) is 5.69 Å². The zero-order valence-corrected chi connectivity index (χ0v) is 17.6. The third-order valence-electron chi connectivity index (χ3n) is 4.69. The minimum Gasteiger partial charge on any atom is -0.462 e. The number of nitrogens with zero attached hydrogens (tertiary/aromatic N) is 3. The molecular weight excluding hydrogens is 394 g/mol. The highest BCUT2D eigenvalue weighted by atomic mass is 32.2. The van der Waals surface area contributed by atoms with E-state index < -0.39 is 16.9 Å². The summed E-state index contributed by atoms with van der Waals surface area (Å²) in [6.07, 6.45) is 0.618. The van der Waals surface area contributed by atoms with Gasteiger partial charge in [-0.05, 0) is 24.8 Å². The molecule has 0 aliphatic carbocycles. The number of nitro benzene ring substituents is 1. The van der Waals surface area contributed by atoms with E-state index in [9.17, 15) is 19.7 Å². The highest BCUT2D eigenvalue weighted by molar-refractivity contribution is 8.15. The zero-order chi connectivity index (χ0) is 21.3. The number of carbonyl (C=O) groups is 2. The molecule has 0 saturated carbocycles. The highest BCUT2D eigenvalue weighted by Crippen LogP contribution is 2.44. The molecule has 0 spiro atoms. The lowest BCUT2D eigenvalue weighted by Crippen LogP contribution is -2.41. The van der Waals surface area contributed by atoms with Crippen LogP contribution in [0.3, 0.4) is 0 Å². The number of hydrogen-bond donors (Lipinski definition) is 0. The summed E-state index contributed by atoms with van der Waals surface area (Å²) in [5.41, 5.74) is 1.07. The van der Waals surface area contributed by atoms with E-state index in [1.807, 2.05) is 20.8 Å². The first-order valence-electron chi connectivity index (χ1n) is 9.45. The van der Waals surface area contributed by atoms with Crippen molar-refractivity contribution in [2.75, 3.05) is 6.61 Å². The smallest absolute Gasteiger partial charge is 0.338 e. The van der Waals surface area contributed by atoms with Gasteiger partial charge in [-0.25, -0.2) is 9.79 Å². The van der Waals surface area contributed by atoms with Crippen molar-refractivity contribution >= 4 is 34.5 Å². The van der Waals surface area contributed by atoms with Gasteiger partial charge in [0.05, 0.1) is 34.1 Å². The molecule has 29 heavy (non-hydrogen) atoms. The summed E-state index contributed by atoms with van der Waals surface area (Å²) in [7, 11) is 0. The highest BCUT2D eigenvalue weighted by Gasteiger charge is 2.47. The summed E-state index contributed by atoms with van der Waals surface area (Å²) in [6.45, 7) is 7.69. The Labute approximate surface area is 173 Å². The van der Waals surface area contributed by atoms with E-state index in [1.165, 1.54) is 28.8 Å². The van der Waals surface area contributed by atoms with Crippen molar-refractivity contribution in [3.05, 3.63) is 51.2 Å². The van der Waals surface area contributed by atoms with Gasteiger partial charge in [0.1, 0.15) is 0 Å². The van der Waals surface area contributed by atoms with E-state index in [0.29, 0.717) is 22.8 Å². The van der Waals surface area contributed by atoms with Gasteiger partial charge >= 0.3 is 5.97 Å². The van der Waals surface area contributed by atoms with E-state index in [4.69, 9.17) is 4.74 Å². The number of esters is 1. The molecule has 2 aliphatic heterocycles. The van der Waals surface area contributed by atoms with Crippen molar-refractivity contribution in [3.8, 4) is 0 Å². The molecule has 1 saturated heterocycles. The number of fused-ring (bicyclic) bond motifs is 1. The van der Waals surface area contributed by atoms with Crippen molar-refractivity contribution in [2.45, 2.75) is 45.4 Å². The lowest BCUT2D eigenvalue weighted by Gasteiger charge is -2.33.